The van der Waals surface area contributed by atoms with Crippen molar-refractivity contribution in [1.82, 2.24) is 19.7 Å². The lowest BCUT2D eigenvalue weighted by atomic mass is 10.1. The number of hydrogen-bond acceptors (Lipinski definition) is 5. The van der Waals surface area contributed by atoms with Gasteiger partial charge in [-0.25, -0.2) is 9.67 Å². The number of nitrogens with zero attached hydrogens (tertiary/aromatic N) is 4. The van der Waals surface area contributed by atoms with E-state index < -0.39 is 0 Å². The smallest absolute Gasteiger partial charge is 0.259 e. The van der Waals surface area contributed by atoms with Gasteiger partial charge in [0.1, 0.15) is 17.5 Å². The molecule has 1 N–H and O–H groups in total. The fraction of sp³-hybridized carbons (Fsp3) is 0.103. The molecular formula is C29H23N5O2. The first-order valence-electron chi connectivity index (χ1n) is 11.7. The van der Waals surface area contributed by atoms with Crippen LogP contribution in [-0.2, 0) is 0 Å². The molecule has 2 heterocycles. The molecule has 0 bridgehead atoms. The van der Waals surface area contributed by atoms with Crippen LogP contribution in [-0.4, -0.2) is 26.4 Å². The summed E-state index contributed by atoms with van der Waals surface area (Å²) in [4.78, 5) is 19.9. The molecule has 0 atom stereocenters. The van der Waals surface area contributed by atoms with Gasteiger partial charge in [0.15, 0.2) is 5.82 Å². The molecule has 3 aromatic carbocycles. The van der Waals surface area contributed by atoms with Gasteiger partial charge in [-0.05, 0) is 48.9 Å². The van der Waals surface area contributed by atoms with Crippen LogP contribution in [0.2, 0.25) is 0 Å². The van der Waals surface area contributed by atoms with Gasteiger partial charge in [-0.1, -0.05) is 49.4 Å². The molecule has 2 aromatic heterocycles. The molecule has 5 aromatic rings. The largest absolute Gasteiger partial charge is 0.494 e. The Balaban J connectivity index is 1.65. The number of nitrogens with one attached hydrogen (secondary N) is 1. The second-order valence-corrected chi connectivity index (χ2v) is 8.19. The molecule has 0 spiro atoms. The van der Waals surface area contributed by atoms with E-state index in [4.69, 9.17) is 9.84 Å². The summed E-state index contributed by atoms with van der Waals surface area (Å²) in [5.74, 6) is 0.958. The number of nitriles is 1. The van der Waals surface area contributed by atoms with E-state index in [0.717, 1.165) is 23.4 Å². The first-order chi connectivity index (χ1) is 17.7. The standard InChI is InChI=1S/C29H23N5O2/c1-2-15-36-24-12-8-9-20(17-24)27-22(19-34(33-27)23-10-4-3-5-11-23)16-21(18-30)28-31-26-14-7-6-13-25(26)29(35)32-28/h3-14,16-17,19H,2,15H2,1H3,(H,31,32,35). The molecule has 176 valence electrons. The minimum Gasteiger partial charge on any atom is -0.494 e. The van der Waals surface area contributed by atoms with E-state index in [1.54, 1.807) is 29.0 Å². The van der Waals surface area contributed by atoms with Crippen molar-refractivity contribution in [2.24, 2.45) is 0 Å². The number of fused-ring (bicyclic) bond motifs is 1. The van der Waals surface area contributed by atoms with Crippen molar-refractivity contribution < 1.29 is 4.74 Å². The number of ether oxygens (including phenoxy) is 1. The van der Waals surface area contributed by atoms with Crippen LogP contribution in [0, 0.1) is 11.3 Å². The van der Waals surface area contributed by atoms with Gasteiger partial charge in [0.2, 0.25) is 0 Å². The van der Waals surface area contributed by atoms with E-state index in [2.05, 4.69) is 23.0 Å². The minimum atomic E-state index is -0.294. The molecule has 0 radical (unpaired) electrons. The predicted octanol–water partition coefficient (Wildman–Crippen LogP) is 5.63. The summed E-state index contributed by atoms with van der Waals surface area (Å²) in [6, 6.07) is 26.7. The van der Waals surface area contributed by atoms with Crippen LogP contribution in [0.5, 0.6) is 5.75 Å². The Bertz CT molecular complexity index is 1660. The third-order valence-electron chi connectivity index (χ3n) is 5.63. The molecule has 0 fully saturated rings. The van der Waals surface area contributed by atoms with E-state index >= 15 is 0 Å². The maximum absolute atomic E-state index is 12.6. The average Bonchev–Trinajstić information content (AvgIpc) is 3.35. The zero-order chi connectivity index (χ0) is 24.9. The Morgan fingerprint density at radius 3 is 2.69 bits per heavy atom. The second-order valence-electron chi connectivity index (χ2n) is 8.19. The maximum Gasteiger partial charge on any atom is 0.259 e. The molecule has 0 aliphatic carbocycles. The number of allylic oxidation sites excluding steroid dienone is 1. The highest BCUT2D eigenvalue weighted by molar-refractivity contribution is 5.91. The van der Waals surface area contributed by atoms with Gasteiger partial charge >= 0.3 is 0 Å². The van der Waals surface area contributed by atoms with Crippen molar-refractivity contribution in [2.45, 2.75) is 13.3 Å². The van der Waals surface area contributed by atoms with Gasteiger partial charge in [0, 0.05) is 17.3 Å². The van der Waals surface area contributed by atoms with Crippen LogP contribution in [0.4, 0.5) is 0 Å². The van der Waals surface area contributed by atoms with E-state index in [0.29, 0.717) is 28.8 Å². The molecule has 0 unspecified atom stereocenters. The molecule has 0 amide bonds. The number of hydrogen-bond donors (Lipinski definition) is 1. The number of rotatable bonds is 7. The van der Waals surface area contributed by atoms with Crippen LogP contribution < -0.4 is 10.3 Å². The molecule has 7 nitrogen and oxygen atoms in total. The lowest BCUT2D eigenvalue weighted by Gasteiger charge is -2.07. The fourth-order valence-corrected chi connectivity index (χ4v) is 3.91. The van der Waals surface area contributed by atoms with Crippen LogP contribution in [0.3, 0.4) is 0 Å². The second kappa shape index (κ2) is 10.1. The van der Waals surface area contributed by atoms with Crippen molar-refractivity contribution in [2.75, 3.05) is 6.61 Å². The van der Waals surface area contributed by atoms with E-state index in [1.807, 2.05) is 66.9 Å². The summed E-state index contributed by atoms with van der Waals surface area (Å²) < 4.78 is 7.59. The Labute approximate surface area is 207 Å². The predicted molar refractivity (Wildman–Crippen MR) is 141 cm³/mol. The van der Waals surface area contributed by atoms with Crippen LogP contribution in [0.1, 0.15) is 24.7 Å². The molecule has 36 heavy (non-hydrogen) atoms. The minimum absolute atomic E-state index is 0.208. The Morgan fingerprint density at radius 2 is 1.89 bits per heavy atom. The van der Waals surface area contributed by atoms with Crippen molar-refractivity contribution in [1.29, 1.82) is 5.26 Å². The summed E-state index contributed by atoms with van der Waals surface area (Å²) in [5, 5.41) is 15.3. The quantitative estimate of drug-likeness (QED) is 0.309. The van der Waals surface area contributed by atoms with Crippen molar-refractivity contribution in [3.05, 3.63) is 107 Å². The van der Waals surface area contributed by atoms with Gasteiger partial charge in [0.25, 0.3) is 5.56 Å². The van der Waals surface area contributed by atoms with Gasteiger partial charge < -0.3 is 9.72 Å². The van der Waals surface area contributed by atoms with Crippen molar-refractivity contribution in [3.8, 4) is 28.8 Å². The molecule has 0 saturated heterocycles. The first-order valence-corrected chi connectivity index (χ1v) is 11.7. The fourth-order valence-electron chi connectivity index (χ4n) is 3.91. The van der Waals surface area contributed by atoms with Gasteiger partial charge in [-0.2, -0.15) is 10.4 Å². The summed E-state index contributed by atoms with van der Waals surface area (Å²) >= 11 is 0. The number of benzene rings is 3. The van der Waals surface area contributed by atoms with Crippen molar-refractivity contribution in [3.63, 3.8) is 0 Å². The normalized spacial score (nSPS) is 11.4. The van der Waals surface area contributed by atoms with E-state index in [-0.39, 0.29) is 17.0 Å². The zero-order valence-electron chi connectivity index (χ0n) is 19.7. The monoisotopic (exact) mass is 473 g/mol. The van der Waals surface area contributed by atoms with E-state index in [1.165, 1.54) is 0 Å². The SMILES string of the molecule is CCCOc1cccc(-c2nn(-c3ccccc3)cc2C=C(C#N)c2nc3ccccc3c(=O)[nH]2)c1. The topological polar surface area (TPSA) is 96.6 Å². The Hall–Kier alpha value is -4.96. The Morgan fingerprint density at radius 1 is 1.08 bits per heavy atom. The van der Waals surface area contributed by atoms with Crippen LogP contribution in [0.15, 0.2) is 89.9 Å². The zero-order valence-corrected chi connectivity index (χ0v) is 19.7. The third-order valence-corrected chi connectivity index (χ3v) is 5.63. The molecule has 0 aliphatic rings. The molecular weight excluding hydrogens is 450 g/mol. The number of para-hydroxylation sites is 2. The van der Waals surface area contributed by atoms with E-state index in [9.17, 15) is 10.1 Å². The average molecular weight is 474 g/mol. The van der Waals surface area contributed by atoms with Gasteiger partial charge in [-0.15, -0.1) is 0 Å². The van der Waals surface area contributed by atoms with Gasteiger partial charge in [0.05, 0.1) is 28.8 Å². The summed E-state index contributed by atoms with van der Waals surface area (Å²) in [5.41, 5.74) is 3.58. The summed E-state index contributed by atoms with van der Waals surface area (Å²) in [6.07, 6.45) is 4.47. The lowest BCUT2D eigenvalue weighted by Crippen LogP contribution is -2.11. The molecule has 0 saturated carbocycles. The first kappa shape index (κ1) is 22.8. The highest BCUT2D eigenvalue weighted by atomic mass is 16.5. The Kier molecular flexibility index (Phi) is 6.41. The number of aromatic nitrogens is 4. The molecule has 5 rings (SSSR count). The maximum atomic E-state index is 12.6. The number of H-pyrrole nitrogens is 1. The summed E-state index contributed by atoms with van der Waals surface area (Å²) in [7, 11) is 0. The highest BCUT2D eigenvalue weighted by Crippen LogP contribution is 2.29. The lowest BCUT2D eigenvalue weighted by molar-refractivity contribution is 0.317. The summed E-state index contributed by atoms with van der Waals surface area (Å²) in [6.45, 7) is 2.68. The molecule has 0 aliphatic heterocycles. The van der Waals surface area contributed by atoms with Crippen LogP contribution in [0.25, 0.3) is 39.5 Å². The third kappa shape index (κ3) is 4.65. The highest BCUT2D eigenvalue weighted by Gasteiger charge is 2.15. The van der Waals surface area contributed by atoms with Gasteiger partial charge in [-0.3, -0.25) is 4.79 Å². The number of aromatic amines is 1. The molecule has 7 heteroatoms. The van der Waals surface area contributed by atoms with Crippen LogP contribution >= 0.6 is 0 Å². The van der Waals surface area contributed by atoms with Crippen molar-refractivity contribution >= 4 is 22.6 Å².